The van der Waals surface area contributed by atoms with Crippen LogP contribution in [0.1, 0.15) is 26.0 Å². The highest BCUT2D eigenvalue weighted by Crippen LogP contribution is 2.20. The van der Waals surface area contributed by atoms with Gasteiger partial charge in [0.2, 0.25) is 11.8 Å². The molecule has 2 aliphatic heterocycles. The van der Waals surface area contributed by atoms with Gasteiger partial charge in [-0.25, -0.2) is 0 Å². The van der Waals surface area contributed by atoms with Crippen LogP contribution in [0.3, 0.4) is 0 Å². The van der Waals surface area contributed by atoms with Crippen LogP contribution < -0.4 is 5.32 Å². The number of carbonyl (C=O) groups excluding carboxylic acids is 2. The highest BCUT2D eigenvalue weighted by atomic mass is 16.5. The van der Waals surface area contributed by atoms with E-state index in [0.717, 1.165) is 25.4 Å². The first kappa shape index (κ1) is 18.9. The summed E-state index contributed by atoms with van der Waals surface area (Å²) in [5.74, 6) is 0.990. The van der Waals surface area contributed by atoms with Crippen molar-refractivity contribution in [2.45, 2.75) is 32.9 Å². The van der Waals surface area contributed by atoms with E-state index >= 15 is 0 Å². The minimum Gasteiger partial charge on any atom is -0.467 e. The fourth-order valence-electron chi connectivity index (χ4n) is 3.64. The van der Waals surface area contributed by atoms with Crippen molar-refractivity contribution in [2.24, 2.45) is 11.8 Å². The number of furan rings is 1. The van der Waals surface area contributed by atoms with Crippen LogP contribution in [0.5, 0.6) is 0 Å². The Balaban J connectivity index is 1.43. The van der Waals surface area contributed by atoms with Crippen LogP contribution in [0.2, 0.25) is 0 Å². The van der Waals surface area contributed by atoms with Gasteiger partial charge in [0.05, 0.1) is 31.4 Å². The third kappa shape index (κ3) is 5.08. The van der Waals surface area contributed by atoms with Gasteiger partial charge in [-0.05, 0) is 18.1 Å². The van der Waals surface area contributed by atoms with E-state index in [1.807, 2.05) is 6.07 Å². The number of likely N-dealkylation sites (tertiary alicyclic amines) is 1. The molecular weight excluding hydrogens is 334 g/mol. The SMILES string of the molecule is CC(C)CN1CCOC(CNC(=O)C2CC(=O)N(Cc3ccco3)C2)C1. The lowest BCUT2D eigenvalue weighted by molar-refractivity contribution is -0.129. The maximum atomic E-state index is 12.5. The summed E-state index contributed by atoms with van der Waals surface area (Å²) in [5, 5.41) is 2.98. The van der Waals surface area contributed by atoms with Crippen molar-refractivity contribution in [2.75, 3.05) is 39.3 Å². The van der Waals surface area contributed by atoms with Crippen molar-refractivity contribution in [3.05, 3.63) is 24.2 Å². The van der Waals surface area contributed by atoms with Crippen LogP contribution in [0.4, 0.5) is 0 Å². The van der Waals surface area contributed by atoms with E-state index in [-0.39, 0.29) is 30.3 Å². The quantitative estimate of drug-likeness (QED) is 0.785. The Morgan fingerprint density at radius 3 is 2.96 bits per heavy atom. The largest absolute Gasteiger partial charge is 0.467 e. The minimum absolute atomic E-state index is 0.00132. The van der Waals surface area contributed by atoms with Crippen LogP contribution in [0.15, 0.2) is 22.8 Å². The molecule has 2 unspecified atom stereocenters. The van der Waals surface area contributed by atoms with Crippen molar-refractivity contribution in [3.63, 3.8) is 0 Å². The Labute approximate surface area is 154 Å². The molecule has 1 N–H and O–H groups in total. The average Bonchev–Trinajstić information content (AvgIpc) is 3.23. The molecule has 0 aliphatic carbocycles. The molecule has 3 rings (SSSR count). The maximum Gasteiger partial charge on any atom is 0.225 e. The molecule has 0 radical (unpaired) electrons. The van der Waals surface area contributed by atoms with Crippen LogP contribution in [0.25, 0.3) is 0 Å². The smallest absolute Gasteiger partial charge is 0.225 e. The second-order valence-corrected chi connectivity index (χ2v) is 7.65. The molecule has 0 saturated carbocycles. The van der Waals surface area contributed by atoms with Gasteiger partial charge in [0, 0.05) is 39.1 Å². The van der Waals surface area contributed by atoms with E-state index in [0.29, 0.717) is 32.2 Å². The molecule has 2 saturated heterocycles. The predicted octanol–water partition coefficient (Wildman–Crippen LogP) is 1.10. The Kier molecular flexibility index (Phi) is 6.32. The van der Waals surface area contributed by atoms with Crippen molar-refractivity contribution < 1.29 is 18.7 Å². The van der Waals surface area contributed by atoms with Gasteiger partial charge in [-0.1, -0.05) is 13.8 Å². The third-order valence-corrected chi connectivity index (χ3v) is 4.86. The summed E-state index contributed by atoms with van der Waals surface area (Å²) < 4.78 is 11.1. The van der Waals surface area contributed by atoms with Gasteiger partial charge in [-0.2, -0.15) is 0 Å². The summed E-state index contributed by atoms with van der Waals surface area (Å²) in [6.07, 6.45) is 1.87. The van der Waals surface area contributed by atoms with Gasteiger partial charge in [0.25, 0.3) is 0 Å². The molecular formula is C19H29N3O4. The first-order valence-electron chi connectivity index (χ1n) is 9.43. The topological polar surface area (TPSA) is 75.0 Å². The van der Waals surface area contributed by atoms with E-state index in [4.69, 9.17) is 9.15 Å². The summed E-state index contributed by atoms with van der Waals surface area (Å²) in [6.45, 7) is 9.31. The van der Waals surface area contributed by atoms with Gasteiger partial charge in [0.1, 0.15) is 5.76 Å². The van der Waals surface area contributed by atoms with Crippen LogP contribution >= 0.6 is 0 Å². The fourth-order valence-corrected chi connectivity index (χ4v) is 3.64. The normalized spacial score (nSPS) is 24.4. The standard InChI is InChI=1S/C19H29N3O4/c1-14(2)10-21-5-7-26-17(12-21)9-20-19(24)15-8-18(23)22(11-15)13-16-4-3-6-25-16/h3-4,6,14-15,17H,5,7-13H2,1-2H3,(H,20,24). The Bertz CT molecular complexity index is 602. The average molecular weight is 363 g/mol. The summed E-state index contributed by atoms with van der Waals surface area (Å²) in [7, 11) is 0. The molecule has 2 fully saturated rings. The number of nitrogens with one attached hydrogen (secondary N) is 1. The molecule has 2 amide bonds. The first-order valence-corrected chi connectivity index (χ1v) is 9.43. The van der Waals surface area contributed by atoms with E-state index in [9.17, 15) is 9.59 Å². The molecule has 2 atom stereocenters. The molecule has 7 heteroatoms. The first-order chi connectivity index (χ1) is 12.5. The molecule has 0 spiro atoms. The Hall–Kier alpha value is -1.86. The molecule has 7 nitrogen and oxygen atoms in total. The minimum atomic E-state index is -0.298. The van der Waals surface area contributed by atoms with E-state index in [1.165, 1.54) is 0 Å². The summed E-state index contributed by atoms with van der Waals surface area (Å²) >= 11 is 0. The number of hydrogen-bond donors (Lipinski definition) is 1. The molecule has 144 valence electrons. The zero-order valence-corrected chi connectivity index (χ0v) is 15.6. The Morgan fingerprint density at radius 1 is 1.38 bits per heavy atom. The lowest BCUT2D eigenvalue weighted by Crippen LogP contribution is -2.49. The van der Waals surface area contributed by atoms with Crippen molar-refractivity contribution in [1.29, 1.82) is 0 Å². The third-order valence-electron chi connectivity index (χ3n) is 4.86. The van der Waals surface area contributed by atoms with Crippen molar-refractivity contribution >= 4 is 11.8 Å². The zero-order valence-electron chi connectivity index (χ0n) is 15.6. The molecule has 26 heavy (non-hydrogen) atoms. The van der Waals surface area contributed by atoms with Gasteiger partial charge in [-0.15, -0.1) is 0 Å². The number of morpholine rings is 1. The monoisotopic (exact) mass is 363 g/mol. The fraction of sp³-hybridized carbons (Fsp3) is 0.684. The summed E-state index contributed by atoms with van der Waals surface area (Å²) in [6, 6.07) is 3.64. The van der Waals surface area contributed by atoms with Gasteiger partial charge in [0.15, 0.2) is 0 Å². The highest BCUT2D eigenvalue weighted by molar-refractivity contribution is 5.89. The second-order valence-electron chi connectivity index (χ2n) is 7.65. The highest BCUT2D eigenvalue weighted by Gasteiger charge is 2.35. The molecule has 0 bridgehead atoms. The number of ether oxygens (including phenoxy) is 1. The number of rotatable bonds is 7. The van der Waals surface area contributed by atoms with Crippen LogP contribution in [-0.2, 0) is 20.9 Å². The van der Waals surface area contributed by atoms with E-state index in [2.05, 4.69) is 24.1 Å². The zero-order chi connectivity index (χ0) is 18.5. The lowest BCUT2D eigenvalue weighted by atomic mass is 10.1. The number of amides is 2. The second kappa shape index (κ2) is 8.68. The lowest BCUT2D eigenvalue weighted by Gasteiger charge is -2.34. The Morgan fingerprint density at radius 2 is 2.23 bits per heavy atom. The van der Waals surface area contributed by atoms with Crippen LogP contribution in [-0.4, -0.2) is 67.0 Å². The van der Waals surface area contributed by atoms with E-state index in [1.54, 1.807) is 17.2 Å². The predicted molar refractivity (Wildman–Crippen MR) is 96.3 cm³/mol. The number of hydrogen-bond acceptors (Lipinski definition) is 5. The van der Waals surface area contributed by atoms with Gasteiger partial charge >= 0.3 is 0 Å². The number of carbonyl (C=O) groups is 2. The van der Waals surface area contributed by atoms with Crippen molar-refractivity contribution in [1.82, 2.24) is 15.1 Å². The summed E-state index contributed by atoms with van der Waals surface area (Å²) in [4.78, 5) is 28.7. The van der Waals surface area contributed by atoms with E-state index < -0.39 is 0 Å². The molecule has 2 aliphatic rings. The molecule has 0 aromatic carbocycles. The maximum absolute atomic E-state index is 12.5. The molecule has 3 heterocycles. The molecule has 1 aromatic rings. The summed E-state index contributed by atoms with van der Waals surface area (Å²) in [5.41, 5.74) is 0. The molecule has 1 aromatic heterocycles. The van der Waals surface area contributed by atoms with Crippen molar-refractivity contribution in [3.8, 4) is 0 Å². The van der Waals surface area contributed by atoms with Crippen LogP contribution in [0, 0.1) is 11.8 Å². The van der Waals surface area contributed by atoms with Gasteiger partial charge < -0.3 is 19.4 Å². The number of nitrogens with zero attached hydrogens (tertiary/aromatic N) is 2. The van der Waals surface area contributed by atoms with Gasteiger partial charge in [-0.3, -0.25) is 14.5 Å².